The fourth-order valence-corrected chi connectivity index (χ4v) is 3.19. The van der Waals surface area contributed by atoms with Crippen molar-refractivity contribution in [1.82, 2.24) is 4.98 Å². The summed E-state index contributed by atoms with van der Waals surface area (Å²) in [6.45, 7) is 2.65. The number of amides is 1. The van der Waals surface area contributed by atoms with E-state index in [1.807, 2.05) is 24.3 Å². The van der Waals surface area contributed by atoms with E-state index >= 15 is 0 Å². The molecule has 1 heterocycles. The molecule has 0 bridgehead atoms. The number of anilines is 1. The van der Waals surface area contributed by atoms with Crippen molar-refractivity contribution in [3.8, 4) is 0 Å². The van der Waals surface area contributed by atoms with Crippen LogP contribution in [0.3, 0.4) is 0 Å². The summed E-state index contributed by atoms with van der Waals surface area (Å²) in [5.41, 5.74) is 6.72. The third-order valence-electron chi connectivity index (χ3n) is 2.55. The van der Waals surface area contributed by atoms with E-state index in [4.69, 9.17) is 5.73 Å². The molecule has 0 aliphatic carbocycles. The normalized spacial score (nSPS) is 10.5. The number of rotatable bonds is 6. The van der Waals surface area contributed by atoms with Crippen molar-refractivity contribution in [2.45, 2.75) is 18.2 Å². The van der Waals surface area contributed by atoms with Crippen molar-refractivity contribution in [1.29, 1.82) is 0 Å². The highest BCUT2D eigenvalue weighted by Crippen LogP contribution is 2.21. The van der Waals surface area contributed by atoms with Crippen LogP contribution < -0.4 is 11.1 Å². The van der Waals surface area contributed by atoms with E-state index in [0.29, 0.717) is 18.7 Å². The van der Waals surface area contributed by atoms with Crippen LogP contribution >= 0.6 is 23.1 Å². The number of aromatic nitrogens is 1. The molecule has 0 fully saturated rings. The fraction of sp³-hybridized carbons (Fsp3) is 0.286. The molecule has 1 aromatic carbocycles. The molecule has 0 saturated carbocycles. The minimum Gasteiger partial charge on any atom is -0.330 e. The Kier molecular flexibility index (Phi) is 5.58. The van der Waals surface area contributed by atoms with Gasteiger partial charge in [0, 0.05) is 22.4 Å². The number of hydrogen-bond acceptors (Lipinski definition) is 5. The maximum atomic E-state index is 12.1. The van der Waals surface area contributed by atoms with Gasteiger partial charge in [0.2, 0.25) is 0 Å². The van der Waals surface area contributed by atoms with Gasteiger partial charge in [-0.1, -0.05) is 13.0 Å². The molecule has 4 nitrogen and oxygen atoms in total. The summed E-state index contributed by atoms with van der Waals surface area (Å²) in [4.78, 5) is 17.5. The van der Waals surface area contributed by atoms with Crippen LogP contribution in [0.15, 0.2) is 34.5 Å². The van der Waals surface area contributed by atoms with Crippen LogP contribution in [0, 0.1) is 0 Å². The smallest absolute Gasteiger partial charge is 0.275 e. The van der Waals surface area contributed by atoms with E-state index < -0.39 is 0 Å². The molecule has 2 aromatic rings. The van der Waals surface area contributed by atoms with E-state index in [-0.39, 0.29) is 5.91 Å². The van der Waals surface area contributed by atoms with Crippen LogP contribution in [0.4, 0.5) is 5.69 Å². The SMILES string of the molecule is CCSc1cccc(NC(=O)c2csc(CCN)n2)c1. The van der Waals surface area contributed by atoms with Gasteiger partial charge in [0.25, 0.3) is 5.91 Å². The first-order chi connectivity index (χ1) is 9.72. The van der Waals surface area contributed by atoms with E-state index in [1.165, 1.54) is 11.3 Å². The van der Waals surface area contributed by atoms with Crippen molar-refractivity contribution in [2.24, 2.45) is 5.73 Å². The van der Waals surface area contributed by atoms with Crippen LogP contribution in [0.25, 0.3) is 0 Å². The summed E-state index contributed by atoms with van der Waals surface area (Å²) in [6, 6.07) is 7.82. The lowest BCUT2D eigenvalue weighted by atomic mass is 10.3. The number of carbonyl (C=O) groups is 1. The van der Waals surface area contributed by atoms with Gasteiger partial charge in [0.05, 0.1) is 5.01 Å². The molecule has 106 valence electrons. The molecule has 6 heteroatoms. The zero-order chi connectivity index (χ0) is 14.4. The first kappa shape index (κ1) is 15.0. The lowest BCUT2D eigenvalue weighted by molar-refractivity contribution is 0.102. The number of carbonyl (C=O) groups excluding carboxylic acids is 1. The minimum atomic E-state index is -0.178. The Hall–Kier alpha value is -1.37. The number of benzene rings is 1. The summed E-state index contributed by atoms with van der Waals surface area (Å²) in [5.74, 6) is 0.828. The van der Waals surface area contributed by atoms with Gasteiger partial charge >= 0.3 is 0 Å². The molecule has 1 aromatic heterocycles. The number of nitrogens with one attached hydrogen (secondary N) is 1. The first-order valence-electron chi connectivity index (χ1n) is 6.41. The molecule has 0 atom stereocenters. The quantitative estimate of drug-likeness (QED) is 0.805. The monoisotopic (exact) mass is 307 g/mol. The van der Waals surface area contributed by atoms with Gasteiger partial charge in [0.15, 0.2) is 0 Å². The van der Waals surface area contributed by atoms with Crippen LogP contribution in [0.1, 0.15) is 22.4 Å². The van der Waals surface area contributed by atoms with Gasteiger partial charge in [-0.05, 0) is 30.5 Å². The standard InChI is InChI=1S/C14H17N3OS2/c1-2-19-11-5-3-4-10(8-11)16-14(18)12-9-20-13(17-12)6-7-15/h3-5,8-9H,2,6-7,15H2,1H3,(H,16,18). The fourth-order valence-electron chi connectivity index (χ4n) is 1.68. The highest BCUT2D eigenvalue weighted by Gasteiger charge is 2.11. The largest absolute Gasteiger partial charge is 0.330 e. The molecule has 2 rings (SSSR count). The number of nitrogens with zero attached hydrogens (tertiary/aromatic N) is 1. The Labute approximate surface area is 126 Å². The van der Waals surface area contributed by atoms with Crippen LogP contribution in [-0.4, -0.2) is 23.2 Å². The average molecular weight is 307 g/mol. The third-order valence-corrected chi connectivity index (χ3v) is 4.33. The number of hydrogen-bond donors (Lipinski definition) is 2. The van der Waals surface area contributed by atoms with E-state index in [9.17, 15) is 4.79 Å². The third kappa shape index (κ3) is 4.06. The summed E-state index contributed by atoms with van der Waals surface area (Å²) >= 11 is 3.21. The lowest BCUT2D eigenvalue weighted by Crippen LogP contribution is -2.12. The van der Waals surface area contributed by atoms with Gasteiger partial charge in [0.1, 0.15) is 5.69 Å². The highest BCUT2D eigenvalue weighted by atomic mass is 32.2. The molecular weight excluding hydrogens is 290 g/mol. The topological polar surface area (TPSA) is 68.0 Å². The molecule has 0 spiro atoms. The number of nitrogens with two attached hydrogens (primary N) is 1. The molecule has 3 N–H and O–H groups in total. The highest BCUT2D eigenvalue weighted by molar-refractivity contribution is 7.99. The number of thioether (sulfide) groups is 1. The number of thiazole rings is 1. The van der Waals surface area contributed by atoms with Crippen molar-refractivity contribution >= 4 is 34.7 Å². The molecule has 1 amide bonds. The molecule has 0 saturated heterocycles. The Morgan fingerprint density at radius 2 is 2.35 bits per heavy atom. The van der Waals surface area contributed by atoms with E-state index in [2.05, 4.69) is 17.2 Å². The Balaban J connectivity index is 2.04. The molecular formula is C14H17N3OS2. The summed E-state index contributed by atoms with van der Waals surface area (Å²) in [5, 5.41) is 5.54. The predicted molar refractivity (Wildman–Crippen MR) is 85.7 cm³/mol. The predicted octanol–water partition coefficient (Wildman–Crippen LogP) is 3.01. The zero-order valence-corrected chi connectivity index (χ0v) is 12.9. The first-order valence-corrected chi connectivity index (χ1v) is 8.28. The van der Waals surface area contributed by atoms with E-state index in [0.717, 1.165) is 21.3 Å². The van der Waals surface area contributed by atoms with Crippen molar-refractivity contribution in [2.75, 3.05) is 17.6 Å². The second kappa shape index (κ2) is 7.42. The van der Waals surface area contributed by atoms with Gasteiger partial charge in [-0.3, -0.25) is 4.79 Å². The van der Waals surface area contributed by atoms with Crippen LogP contribution in [0.5, 0.6) is 0 Å². The van der Waals surface area contributed by atoms with Crippen molar-refractivity contribution in [3.63, 3.8) is 0 Å². The molecule has 20 heavy (non-hydrogen) atoms. The summed E-state index contributed by atoms with van der Waals surface area (Å²) < 4.78 is 0. The van der Waals surface area contributed by atoms with Gasteiger partial charge < -0.3 is 11.1 Å². The lowest BCUT2D eigenvalue weighted by Gasteiger charge is -2.05. The Morgan fingerprint density at radius 1 is 1.50 bits per heavy atom. The summed E-state index contributed by atoms with van der Waals surface area (Å²) in [7, 11) is 0. The second-order valence-corrected chi connectivity index (χ2v) is 6.36. The van der Waals surface area contributed by atoms with Gasteiger partial charge in [-0.2, -0.15) is 0 Å². The average Bonchev–Trinajstić information content (AvgIpc) is 2.89. The van der Waals surface area contributed by atoms with Gasteiger partial charge in [-0.25, -0.2) is 4.98 Å². The second-order valence-electron chi connectivity index (χ2n) is 4.08. The minimum absolute atomic E-state index is 0.178. The molecule has 0 aliphatic heterocycles. The van der Waals surface area contributed by atoms with Gasteiger partial charge in [-0.15, -0.1) is 23.1 Å². The van der Waals surface area contributed by atoms with Crippen molar-refractivity contribution < 1.29 is 4.79 Å². The van der Waals surface area contributed by atoms with Crippen LogP contribution in [-0.2, 0) is 6.42 Å². The maximum Gasteiger partial charge on any atom is 0.275 e. The van der Waals surface area contributed by atoms with Crippen molar-refractivity contribution in [3.05, 3.63) is 40.3 Å². The molecule has 0 radical (unpaired) electrons. The molecule has 0 unspecified atom stereocenters. The Bertz CT molecular complexity index is 583. The Morgan fingerprint density at radius 3 is 3.10 bits per heavy atom. The van der Waals surface area contributed by atoms with Crippen LogP contribution in [0.2, 0.25) is 0 Å². The van der Waals surface area contributed by atoms with E-state index in [1.54, 1.807) is 17.1 Å². The molecule has 0 aliphatic rings. The summed E-state index contributed by atoms with van der Waals surface area (Å²) in [6.07, 6.45) is 0.709. The maximum absolute atomic E-state index is 12.1. The zero-order valence-electron chi connectivity index (χ0n) is 11.3.